The fraction of sp³-hybridized carbons (Fsp3) is 0.440. The van der Waals surface area contributed by atoms with E-state index in [-0.39, 0.29) is 23.6 Å². The van der Waals surface area contributed by atoms with Crippen molar-refractivity contribution in [2.45, 2.75) is 45.4 Å². The maximum absolute atomic E-state index is 12.6. The van der Waals surface area contributed by atoms with Gasteiger partial charge in [0.1, 0.15) is 11.6 Å². The van der Waals surface area contributed by atoms with Crippen molar-refractivity contribution in [2.75, 3.05) is 30.3 Å². The molecule has 0 aliphatic carbocycles. The van der Waals surface area contributed by atoms with Gasteiger partial charge in [-0.25, -0.2) is 4.98 Å². The Hall–Kier alpha value is -3.42. The Balaban J connectivity index is 1.15. The van der Waals surface area contributed by atoms with E-state index in [1.54, 1.807) is 6.20 Å². The fourth-order valence-electron chi connectivity index (χ4n) is 4.24. The molecule has 0 radical (unpaired) electrons. The molecule has 2 aromatic rings. The highest BCUT2D eigenvalue weighted by Gasteiger charge is 2.27. The summed E-state index contributed by atoms with van der Waals surface area (Å²) in [5.41, 5.74) is 2.97. The number of piperidine rings is 1. The van der Waals surface area contributed by atoms with Crippen molar-refractivity contribution >= 4 is 29.2 Å². The van der Waals surface area contributed by atoms with Crippen molar-refractivity contribution in [3.63, 3.8) is 0 Å². The number of anilines is 2. The molecule has 0 unspecified atom stereocenters. The zero-order valence-electron chi connectivity index (χ0n) is 18.9. The van der Waals surface area contributed by atoms with Crippen LogP contribution in [0.15, 0.2) is 36.5 Å². The second-order valence-electron chi connectivity index (χ2n) is 8.68. The van der Waals surface area contributed by atoms with E-state index < -0.39 is 0 Å². The quantitative estimate of drug-likeness (QED) is 0.631. The van der Waals surface area contributed by atoms with E-state index in [0.29, 0.717) is 64.0 Å². The lowest BCUT2D eigenvalue weighted by Crippen LogP contribution is -2.41. The number of nitrogens with one attached hydrogen (secondary N) is 2. The Bertz CT molecular complexity index is 1030. The van der Waals surface area contributed by atoms with E-state index in [1.807, 2.05) is 42.2 Å². The lowest BCUT2D eigenvalue weighted by Gasteiger charge is -2.31. The van der Waals surface area contributed by atoms with E-state index in [2.05, 4.69) is 15.6 Å². The molecule has 3 amide bonds. The highest BCUT2D eigenvalue weighted by molar-refractivity contribution is 5.94. The minimum atomic E-state index is -0.103. The molecule has 1 saturated heterocycles. The van der Waals surface area contributed by atoms with Crippen molar-refractivity contribution < 1.29 is 19.1 Å². The van der Waals surface area contributed by atoms with E-state index >= 15 is 0 Å². The Morgan fingerprint density at radius 3 is 2.79 bits per heavy atom. The van der Waals surface area contributed by atoms with Crippen LogP contribution in [0.1, 0.15) is 43.2 Å². The number of rotatable bonds is 7. The standard InChI is InChI=1S/C25H30N4O4/c1-17-8-11-26-22(15-17)28-25(32)18-9-12-29(13-10-18)24(31)3-2-14-33-20-5-6-21-19(16-20)4-7-23(30)27-21/h5-6,8,11,15-16,18H,2-4,7,9-10,12-14H2,1H3,(H,27,30)(H,26,28,32). The number of nitrogens with zero attached hydrogens (tertiary/aromatic N) is 2. The zero-order valence-corrected chi connectivity index (χ0v) is 18.9. The molecule has 1 aromatic carbocycles. The SMILES string of the molecule is Cc1ccnc(NC(=O)C2CCN(C(=O)CCCOc3ccc4c(c3)CCC(=O)N4)CC2)c1. The number of aryl methyl sites for hydroxylation is 2. The Morgan fingerprint density at radius 2 is 2.00 bits per heavy atom. The van der Waals surface area contributed by atoms with Gasteiger partial charge in [0.25, 0.3) is 0 Å². The first-order valence-corrected chi connectivity index (χ1v) is 11.5. The molecule has 8 nitrogen and oxygen atoms in total. The van der Waals surface area contributed by atoms with E-state index in [0.717, 1.165) is 22.6 Å². The van der Waals surface area contributed by atoms with Crippen molar-refractivity contribution in [2.24, 2.45) is 5.92 Å². The van der Waals surface area contributed by atoms with Gasteiger partial charge < -0.3 is 20.3 Å². The molecule has 1 fully saturated rings. The van der Waals surface area contributed by atoms with Gasteiger partial charge in [0, 0.05) is 43.7 Å². The van der Waals surface area contributed by atoms with Gasteiger partial charge in [-0.3, -0.25) is 14.4 Å². The summed E-state index contributed by atoms with van der Waals surface area (Å²) in [5.74, 6) is 1.34. The highest BCUT2D eigenvalue weighted by Crippen LogP contribution is 2.27. The fourth-order valence-corrected chi connectivity index (χ4v) is 4.24. The lowest BCUT2D eigenvalue weighted by atomic mass is 9.95. The number of aromatic nitrogens is 1. The lowest BCUT2D eigenvalue weighted by molar-refractivity contribution is -0.134. The van der Waals surface area contributed by atoms with Crippen LogP contribution in [0, 0.1) is 12.8 Å². The first kappa shape index (κ1) is 22.8. The number of likely N-dealkylation sites (tertiary alicyclic amines) is 1. The predicted octanol–water partition coefficient (Wildman–Crippen LogP) is 3.31. The largest absolute Gasteiger partial charge is 0.494 e. The average molecular weight is 451 g/mol. The summed E-state index contributed by atoms with van der Waals surface area (Å²) in [7, 11) is 0. The maximum Gasteiger partial charge on any atom is 0.228 e. The predicted molar refractivity (Wildman–Crippen MR) is 125 cm³/mol. The van der Waals surface area contributed by atoms with Crippen LogP contribution in [0.5, 0.6) is 5.75 Å². The Labute approximate surface area is 193 Å². The number of carbonyl (C=O) groups is 3. The van der Waals surface area contributed by atoms with E-state index in [1.165, 1.54) is 0 Å². The third kappa shape index (κ3) is 6.09. The molecule has 33 heavy (non-hydrogen) atoms. The second kappa shape index (κ2) is 10.5. The molecule has 0 bridgehead atoms. The summed E-state index contributed by atoms with van der Waals surface area (Å²) in [5, 5.41) is 5.74. The third-order valence-electron chi connectivity index (χ3n) is 6.16. The summed E-state index contributed by atoms with van der Waals surface area (Å²) in [6, 6.07) is 9.40. The van der Waals surface area contributed by atoms with Gasteiger partial charge in [-0.05, 0) is 74.1 Å². The molecular weight excluding hydrogens is 420 g/mol. The topological polar surface area (TPSA) is 101 Å². The number of pyridine rings is 1. The minimum absolute atomic E-state index is 0.0294. The number of amides is 3. The molecule has 174 valence electrons. The number of hydrogen-bond acceptors (Lipinski definition) is 5. The van der Waals surface area contributed by atoms with Crippen molar-refractivity contribution in [1.82, 2.24) is 9.88 Å². The molecule has 8 heteroatoms. The number of carbonyl (C=O) groups excluding carboxylic acids is 3. The second-order valence-corrected chi connectivity index (χ2v) is 8.68. The van der Waals surface area contributed by atoms with Crippen LogP contribution in [0.3, 0.4) is 0 Å². The summed E-state index contributed by atoms with van der Waals surface area (Å²) in [6.45, 7) is 3.60. The number of hydrogen-bond donors (Lipinski definition) is 2. The molecule has 4 rings (SSSR count). The van der Waals surface area contributed by atoms with Crippen LogP contribution in [0.4, 0.5) is 11.5 Å². The van der Waals surface area contributed by atoms with Crippen LogP contribution >= 0.6 is 0 Å². The number of fused-ring (bicyclic) bond motifs is 1. The minimum Gasteiger partial charge on any atom is -0.494 e. The van der Waals surface area contributed by atoms with E-state index in [9.17, 15) is 14.4 Å². The van der Waals surface area contributed by atoms with Gasteiger partial charge in [-0.15, -0.1) is 0 Å². The Kier molecular flexibility index (Phi) is 7.22. The summed E-state index contributed by atoms with van der Waals surface area (Å²) < 4.78 is 5.81. The first-order valence-electron chi connectivity index (χ1n) is 11.5. The van der Waals surface area contributed by atoms with Gasteiger partial charge in [0.2, 0.25) is 17.7 Å². The third-order valence-corrected chi connectivity index (χ3v) is 6.16. The molecule has 1 aromatic heterocycles. The molecule has 0 spiro atoms. The molecule has 3 heterocycles. The van der Waals surface area contributed by atoms with E-state index in [4.69, 9.17) is 4.74 Å². The van der Waals surface area contributed by atoms with Crippen LogP contribution in [0.25, 0.3) is 0 Å². The summed E-state index contributed by atoms with van der Waals surface area (Å²) >= 11 is 0. The van der Waals surface area contributed by atoms with Gasteiger partial charge in [0.15, 0.2) is 0 Å². The average Bonchev–Trinajstić information content (AvgIpc) is 2.82. The van der Waals surface area contributed by atoms with Gasteiger partial charge in [-0.2, -0.15) is 0 Å². The smallest absolute Gasteiger partial charge is 0.228 e. The molecule has 2 aliphatic rings. The van der Waals surface area contributed by atoms with Crippen molar-refractivity contribution in [3.05, 3.63) is 47.7 Å². The normalized spacial score (nSPS) is 16.0. The zero-order chi connectivity index (χ0) is 23.2. The van der Waals surface area contributed by atoms with Gasteiger partial charge in [-0.1, -0.05) is 0 Å². The van der Waals surface area contributed by atoms with Crippen LogP contribution in [-0.2, 0) is 20.8 Å². The van der Waals surface area contributed by atoms with Crippen LogP contribution in [0.2, 0.25) is 0 Å². The Morgan fingerprint density at radius 1 is 1.18 bits per heavy atom. The maximum atomic E-state index is 12.6. The number of benzene rings is 1. The van der Waals surface area contributed by atoms with Crippen LogP contribution in [-0.4, -0.2) is 47.3 Å². The molecule has 0 saturated carbocycles. The van der Waals surface area contributed by atoms with Crippen LogP contribution < -0.4 is 15.4 Å². The molecule has 2 aliphatic heterocycles. The molecular formula is C25H30N4O4. The van der Waals surface area contributed by atoms with Gasteiger partial charge >= 0.3 is 0 Å². The summed E-state index contributed by atoms with van der Waals surface area (Å²) in [6.07, 6.45) is 5.26. The first-order chi connectivity index (χ1) is 16.0. The van der Waals surface area contributed by atoms with Crippen molar-refractivity contribution in [3.8, 4) is 5.75 Å². The molecule has 2 N–H and O–H groups in total. The highest BCUT2D eigenvalue weighted by atomic mass is 16.5. The molecule has 0 atom stereocenters. The summed E-state index contributed by atoms with van der Waals surface area (Å²) in [4.78, 5) is 42.5. The monoisotopic (exact) mass is 450 g/mol. The number of ether oxygens (including phenoxy) is 1. The van der Waals surface area contributed by atoms with Gasteiger partial charge in [0.05, 0.1) is 6.61 Å². The van der Waals surface area contributed by atoms with Crippen molar-refractivity contribution in [1.29, 1.82) is 0 Å².